The van der Waals surface area contributed by atoms with E-state index in [1.54, 1.807) is 18.2 Å². The van der Waals surface area contributed by atoms with E-state index < -0.39 is 38.7 Å². The summed E-state index contributed by atoms with van der Waals surface area (Å²) < 4.78 is 33.1. The van der Waals surface area contributed by atoms with Gasteiger partial charge in [-0.2, -0.15) is 0 Å². The van der Waals surface area contributed by atoms with Gasteiger partial charge in [-0.15, -0.1) is 0 Å². The van der Waals surface area contributed by atoms with Crippen LogP contribution < -0.4 is 20.3 Å². The maximum atomic E-state index is 12.8. The molecular formula is C18H17ClN4O7S. The number of ether oxygens (including phenoxy) is 1. The minimum absolute atomic E-state index is 0.0899. The molecule has 2 unspecified atom stereocenters. The quantitative estimate of drug-likeness (QED) is 0.411. The van der Waals surface area contributed by atoms with Gasteiger partial charge in [0, 0.05) is 16.9 Å². The normalized spacial score (nSPS) is 17.4. The second-order valence-corrected chi connectivity index (χ2v) is 8.65. The number of nitrogens with one attached hydrogen (secondary N) is 3. The van der Waals surface area contributed by atoms with Crippen LogP contribution in [0.4, 0.5) is 5.69 Å². The molecule has 2 atom stereocenters. The Bertz CT molecular complexity index is 1160. The van der Waals surface area contributed by atoms with E-state index in [4.69, 9.17) is 16.3 Å². The zero-order chi connectivity index (χ0) is 22.8. The average molecular weight is 469 g/mol. The summed E-state index contributed by atoms with van der Waals surface area (Å²) in [6.07, 6.45) is 0.0899. The Morgan fingerprint density at radius 3 is 2.55 bits per heavy atom. The lowest BCUT2D eigenvalue weighted by Crippen LogP contribution is -2.43. The smallest absolute Gasteiger partial charge is 0.269 e. The Kier molecular flexibility index (Phi) is 6.32. The largest absolute Gasteiger partial charge is 0.495 e. The van der Waals surface area contributed by atoms with Gasteiger partial charge >= 0.3 is 0 Å². The third kappa shape index (κ3) is 5.03. The fraction of sp³-hybridized carbons (Fsp3) is 0.222. The first kappa shape index (κ1) is 22.3. The van der Waals surface area contributed by atoms with E-state index in [9.17, 15) is 28.1 Å². The van der Waals surface area contributed by atoms with E-state index in [1.807, 2.05) is 0 Å². The molecule has 0 heterocycles. The molecule has 1 saturated carbocycles. The lowest BCUT2D eigenvalue weighted by atomic mass is 10.2. The zero-order valence-electron chi connectivity index (χ0n) is 16.0. The standard InChI is InChI=1S/C18H17ClN4O7S/c1-30-15-5-3-2-4-13(15)22-31(28,29)16-8-10(6-7-12(16)19)17(24)20-21-18(25)11-9-14(11)23(26)27/h2-8,11,14,22H,9H2,1H3,(H,20,24)(H,21,25). The van der Waals surface area contributed by atoms with Gasteiger partial charge in [0.15, 0.2) is 0 Å². The molecule has 3 rings (SSSR count). The molecule has 2 aromatic carbocycles. The van der Waals surface area contributed by atoms with Crippen molar-refractivity contribution in [3.8, 4) is 5.75 Å². The number of anilines is 1. The first-order chi connectivity index (χ1) is 14.6. The summed E-state index contributed by atoms with van der Waals surface area (Å²) in [4.78, 5) is 33.9. The van der Waals surface area contributed by atoms with E-state index >= 15 is 0 Å². The first-order valence-corrected chi connectivity index (χ1v) is 10.7. The van der Waals surface area contributed by atoms with Gasteiger partial charge in [0.25, 0.3) is 15.9 Å². The maximum Gasteiger partial charge on any atom is 0.269 e. The molecule has 0 radical (unpaired) electrons. The number of sulfonamides is 1. The van der Waals surface area contributed by atoms with Crippen LogP contribution >= 0.6 is 11.6 Å². The summed E-state index contributed by atoms with van der Waals surface area (Å²) in [5.41, 5.74) is 4.27. The van der Waals surface area contributed by atoms with Gasteiger partial charge in [-0.25, -0.2) is 8.42 Å². The molecule has 0 bridgehead atoms. The van der Waals surface area contributed by atoms with Crippen molar-refractivity contribution in [2.75, 3.05) is 11.8 Å². The Balaban J connectivity index is 1.74. The minimum atomic E-state index is -4.19. The van der Waals surface area contributed by atoms with Crippen LogP contribution in [0.3, 0.4) is 0 Å². The van der Waals surface area contributed by atoms with Crippen molar-refractivity contribution < 1.29 is 27.7 Å². The van der Waals surface area contributed by atoms with Crippen LogP contribution in [0, 0.1) is 16.0 Å². The predicted octanol–water partition coefficient (Wildman–Crippen LogP) is 1.58. The van der Waals surface area contributed by atoms with Crippen LogP contribution in [0.5, 0.6) is 5.75 Å². The Morgan fingerprint density at radius 1 is 1.19 bits per heavy atom. The minimum Gasteiger partial charge on any atom is -0.495 e. The van der Waals surface area contributed by atoms with E-state index in [0.717, 1.165) is 6.07 Å². The number of carbonyl (C=O) groups is 2. The van der Waals surface area contributed by atoms with Crippen molar-refractivity contribution in [3.05, 3.63) is 63.2 Å². The highest BCUT2D eigenvalue weighted by Crippen LogP contribution is 2.33. The van der Waals surface area contributed by atoms with Crippen LogP contribution in [0.1, 0.15) is 16.8 Å². The maximum absolute atomic E-state index is 12.8. The molecule has 164 valence electrons. The molecule has 1 aliphatic rings. The molecule has 0 aliphatic heterocycles. The fourth-order valence-electron chi connectivity index (χ4n) is 2.76. The van der Waals surface area contributed by atoms with E-state index in [2.05, 4.69) is 15.6 Å². The fourth-order valence-corrected chi connectivity index (χ4v) is 4.36. The van der Waals surface area contributed by atoms with Gasteiger partial charge in [0.1, 0.15) is 16.6 Å². The Labute approximate surface area is 181 Å². The number of hydrogen-bond acceptors (Lipinski definition) is 7. The molecular weight excluding hydrogens is 452 g/mol. The highest BCUT2D eigenvalue weighted by molar-refractivity contribution is 7.92. The molecule has 0 aromatic heterocycles. The number of carbonyl (C=O) groups excluding carboxylic acids is 2. The summed E-state index contributed by atoms with van der Waals surface area (Å²) in [5, 5.41) is 10.5. The van der Waals surface area contributed by atoms with Gasteiger partial charge < -0.3 is 4.74 Å². The number of halogens is 1. The number of nitrogens with zero attached hydrogens (tertiary/aromatic N) is 1. The van der Waals surface area contributed by atoms with Crippen LogP contribution in [0.15, 0.2) is 47.4 Å². The molecule has 1 fully saturated rings. The monoisotopic (exact) mass is 468 g/mol. The van der Waals surface area contributed by atoms with Crippen LogP contribution in [0.2, 0.25) is 5.02 Å². The number of amides is 2. The Hall–Kier alpha value is -3.38. The van der Waals surface area contributed by atoms with Crippen LogP contribution in [0.25, 0.3) is 0 Å². The second-order valence-electron chi connectivity index (χ2n) is 6.59. The first-order valence-electron chi connectivity index (χ1n) is 8.83. The van der Waals surface area contributed by atoms with Crippen LogP contribution in [-0.4, -0.2) is 38.3 Å². The SMILES string of the molecule is COc1ccccc1NS(=O)(=O)c1cc(C(=O)NNC(=O)C2CC2[N+](=O)[O-])ccc1Cl. The molecule has 2 amide bonds. The number of hydrazine groups is 1. The molecule has 3 N–H and O–H groups in total. The van der Waals surface area contributed by atoms with Crippen molar-refractivity contribution in [2.24, 2.45) is 5.92 Å². The average Bonchev–Trinajstić information content (AvgIpc) is 3.53. The zero-order valence-corrected chi connectivity index (χ0v) is 17.6. The van der Waals surface area contributed by atoms with Gasteiger partial charge in [-0.1, -0.05) is 23.7 Å². The van der Waals surface area contributed by atoms with E-state index in [1.165, 1.54) is 25.3 Å². The number of hydrogen-bond donors (Lipinski definition) is 3. The molecule has 31 heavy (non-hydrogen) atoms. The molecule has 13 heteroatoms. The lowest BCUT2D eigenvalue weighted by Gasteiger charge is -2.13. The second kappa shape index (κ2) is 8.78. The van der Waals surface area contributed by atoms with E-state index in [-0.39, 0.29) is 33.3 Å². The van der Waals surface area contributed by atoms with Crippen molar-refractivity contribution in [3.63, 3.8) is 0 Å². The van der Waals surface area contributed by atoms with Gasteiger partial charge in [0.2, 0.25) is 11.9 Å². The van der Waals surface area contributed by atoms with Gasteiger partial charge in [-0.05, 0) is 30.3 Å². The summed E-state index contributed by atoms with van der Waals surface area (Å²) in [6, 6.07) is 8.89. The highest BCUT2D eigenvalue weighted by atomic mass is 35.5. The van der Waals surface area contributed by atoms with Gasteiger partial charge in [0.05, 0.1) is 17.8 Å². The Morgan fingerprint density at radius 2 is 1.90 bits per heavy atom. The number of para-hydroxylation sites is 2. The topological polar surface area (TPSA) is 157 Å². The molecule has 1 aliphatic carbocycles. The van der Waals surface area contributed by atoms with Gasteiger partial charge in [-0.3, -0.25) is 35.3 Å². The van der Waals surface area contributed by atoms with Crippen molar-refractivity contribution in [2.45, 2.75) is 17.4 Å². The predicted molar refractivity (Wildman–Crippen MR) is 110 cm³/mol. The highest BCUT2D eigenvalue weighted by Gasteiger charge is 2.53. The number of benzene rings is 2. The summed E-state index contributed by atoms with van der Waals surface area (Å²) >= 11 is 6.03. The van der Waals surface area contributed by atoms with Crippen molar-refractivity contribution in [1.82, 2.24) is 10.9 Å². The molecule has 0 spiro atoms. The van der Waals surface area contributed by atoms with Crippen molar-refractivity contribution >= 4 is 39.1 Å². The van der Waals surface area contributed by atoms with E-state index in [0.29, 0.717) is 0 Å². The summed E-state index contributed by atoms with van der Waals surface area (Å²) in [6.45, 7) is 0. The number of nitro groups is 1. The van der Waals surface area contributed by atoms with Crippen LogP contribution in [-0.2, 0) is 14.8 Å². The molecule has 0 saturated heterocycles. The lowest BCUT2D eigenvalue weighted by molar-refractivity contribution is -0.497. The third-order valence-corrected chi connectivity index (χ3v) is 6.34. The van der Waals surface area contributed by atoms with Crippen molar-refractivity contribution in [1.29, 1.82) is 0 Å². The molecule has 2 aromatic rings. The molecule has 11 nitrogen and oxygen atoms in total. The summed E-state index contributed by atoms with van der Waals surface area (Å²) in [7, 11) is -2.80. The number of methoxy groups -OCH3 is 1. The third-order valence-electron chi connectivity index (χ3n) is 4.50. The number of rotatable bonds is 7. The summed E-state index contributed by atoms with van der Waals surface area (Å²) in [5.74, 6) is -2.06.